The van der Waals surface area contributed by atoms with Gasteiger partial charge >= 0.3 is 5.97 Å². The lowest BCUT2D eigenvalue weighted by Crippen LogP contribution is -2.00. The highest BCUT2D eigenvalue weighted by atomic mass is 16.5. The van der Waals surface area contributed by atoms with E-state index in [0.29, 0.717) is 11.3 Å². The Morgan fingerprint density at radius 1 is 1.40 bits per heavy atom. The molecule has 0 spiro atoms. The van der Waals surface area contributed by atoms with Crippen LogP contribution in [0.25, 0.3) is 11.1 Å². The standard InChI is InChI=1S/C15H17NO4/c1-8(2)11-7-10(5-6-12(11)19-4)13-9(3)20-16-14(13)15(17)18/h5-8H,1-4H3,(H,17,18). The second-order valence-corrected chi connectivity index (χ2v) is 4.88. The van der Waals surface area contributed by atoms with Crippen LogP contribution >= 0.6 is 0 Å². The summed E-state index contributed by atoms with van der Waals surface area (Å²) in [6.07, 6.45) is 0. The number of ether oxygens (including phenoxy) is 1. The molecule has 0 aliphatic carbocycles. The van der Waals surface area contributed by atoms with Crippen LogP contribution in [0.1, 0.15) is 41.6 Å². The maximum absolute atomic E-state index is 11.2. The highest BCUT2D eigenvalue weighted by molar-refractivity contribution is 5.94. The van der Waals surface area contributed by atoms with E-state index in [1.165, 1.54) is 0 Å². The van der Waals surface area contributed by atoms with Crippen molar-refractivity contribution in [2.45, 2.75) is 26.7 Å². The van der Waals surface area contributed by atoms with Crippen LogP contribution in [0.5, 0.6) is 5.75 Å². The predicted molar refractivity (Wildman–Crippen MR) is 74.3 cm³/mol. The molecule has 0 bridgehead atoms. The van der Waals surface area contributed by atoms with Crippen molar-refractivity contribution >= 4 is 5.97 Å². The summed E-state index contributed by atoms with van der Waals surface area (Å²) in [4.78, 5) is 11.2. The van der Waals surface area contributed by atoms with Gasteiger partial charge in [0.2, 0.25) is 0 Å². The summed E-state index contributed by atoms with van der Waals surface area (Å²) < 4.78 is 10.3. The van der Waals surface area contributed by atoms with Crippen molar-refractivity contribution in [3.05, 3.63) is 35.2 Å². The van der Waals surface area contributed by atoms with Gasteiger partial charge in [0.25, 0.3) is 0 Å². The van der Waals surface area contributed by atoms with Crippen molar-refractivity contribution in [1.29, 1.82) is 0 Å². The number of benzene rings is 1. The van der Waals surface area contributed by atoms with Crippen LogP contribution < -0.4 is 4.74 Å². The summed E-state index contributed by atoms with van der Waals surface area (Å²) in [6.45, 7) is 5.81. The minimum atomic E-state index is -1.10. The molecule has 0 radical (unpaired) electrons. The minimum Gasteiger partial charge on any atom is -0.496 e. The van der Waals surface area contributed by atoms with E-state index in [0.717, 1.165) is 16.9 Å². The van der Waals surface area contributed by atoms with Crippen LogP contribution in [0, 0.1) is 6.92 Å². The fourth-order valence-corrected chi connectivity index (χ4v) is 2.20. The lowest BCUT2D eigenvalue weighted by Gasteiger charge is -2.13. The molecular formula is C15H17NO4. The van der Waals surface area contributed by atoms with Gasteiger partial charge in [0.1, 0.15) is 11.5 Å². The molecule has 2 rings (SSSR count). The number of methoxy groups -OCH3 is 1. The van der Waals surface area contributed by atoms with Gasteiger partial charge in [-0.25, -0.2) is 4.79 Å². The number of carbonyl (C=O) groups is 1. The third-order valence-electron chi connectivity index (χ3n) is 3.21. The molecule has 2 aromatic rings. The molecule has 0 saturated carbocycles. The highest BCUT2D eigenvalue weighted by Crippen LogP contribution is 2.34. The zero-order valence-electron chi connectivity index (χ0n) is 11.9. The molecule has 0 fully saturated rings. The molecule has 1 aromatic heterocycles. The van der Waals surface area contributed by atoms with Crippen molar-refractivity contribution in [3.63, 3.8) is 0 Å². The topological polar surface area (TPSA) is 72.6 Å². The number of hydrogen-bond acceptors (Lipinski definition) is 4. The van der Waals surface area contributed by atoms with E-state index in [1.807, 2.05) is 18.2 Å². The van der Waals surface area contributed by atoms with Gasteiger partial charge in [0.15, 0.2) is 5.69 Å². The van der Waals surface area contributed by atoms with E-state index in [2.05, 4.69) is 19.0 Å². The van der Waals surface area contributed by atoms with E-state index >= 15 is 0 Å². The normalized spacial score (nSPS) is 10.8. The first-order valence-electron chi connectivity index (χ1n) is 6.33. The Kier molecular flexibility index (Phi) is 3.79. The number of aryl methyl sites for hydroxylation is 1. The van der Waals surface area contributed by atoms with Gasteiger partial charge < -0.3 is 14.4 Å². The van der Waals surface area contributed by atoms with Crippen LogP contribution in [0.15, 0.2) is 22.7 Å². The van der Waals surface area contributed by atoms with Gasteiger partial charge in [-0.2, -0.15) is 0 Å². The Hall–Kier alpha value is -2.30. The third kappa shape index (κ3) is 2.39. The Bertz CT molecular complexity index is 643. The first kappa shape index (κ1) is 14.1. The molecule has 1 N–H and O–H groups in total. The van der Waals surface area contributed by atoms with Crippen molar-refractivity contribution < 1.29 is 19.2 Å². The Labute approximate surface area is 117 Å². The van der Waals surface area contributed by atoms with Crippen LogP contribution in [0.4, 0.5) is 0 Å². The van der Waals surface area contributed by atoms with E-state index < -0.39 is 5.97 Å². The third-order valence-corrected chi connectivity index (χ3v) is 3.21. The molecule has 106 valence electrons. The fourth-order valence-electron chi connectivity index (χ4n) is 2.20. The molecule has 0 amide bonds. The van der Waals surface area contributed by atoms with Crippen LogP contribution in [-0.2, 0) is 0 Å². The maximum Gasteiger partial charge on any atom is 0.358 e. The highest BCUT2D eigenvalue weighted by Gasteiger charge is 2.21. The zero-order valence-corrected chi connectivity index (χ0v) is 11.9. The average molecular weight is 275 g/mol. The summed E-state index contributed by atoms with van der Waals surface area (Å²) in [6, 6.07) is 5.58. The Balaban J connectivity index is 2.62. The van der Waals surface area contributed by atoms with Gasteiger partial charge in [0.05, 0.1) is 12.7 Å². The Morgan fingerprint density at radius 3 is 2.65 bits per heavy atom. The number of rotatable bonds is 4. The first-order chi connectivity index (χ1) is 9.45. The van der Waals surface area contributed by atoms with Crippen LogP contribution in [-0.4, -0.2) is 23.3 Å². The summed E-state index contributed by atoms with van der Waals surface area (Å²) in [5.74, 6) is 0.439. The zero-order chi connectivity index (χ0) is 14.9. The summed E-state index contributed by atoms with van der Waals surface area (Å²) >= 11 is 0. The summed E-state index contributed by atoms with van der Waals surface area (Å²) in [7, 11) is 1.62. The first-order valence-corrected chi connectivity index (χ1v) is 6.33. The smallest absolute Gasteiger partial charge is 0.358 e. The number of aromatic nitrogens is 1. The molecule has 5 nitrogen and oxygen atoms in total. The molecule has 1 aromatic carbocycles. The Morgan fingerprint density at radius 2 is 2.10 bits per heavy atom. The lowest BCUT2D eigenvalue weighted by atomic mass is 9.95. The van der Waals surface area contributed by atoms with Crippen molar-refractivity contribution in [3.8, 4) is 16.9 Å². The predicted octanol–water partition coefficient (Wildman–Crippen LogP) is 3.48. The van der Waals surface area contributed by atoms with Crippen molar-refractivity contribution in [2.75, 3.05) is 7.11 Å². The largest absolute Gasteiger partial charge is 0.496 e. The fraction of sp³-hybridized carbons (Fsp3) is 0.333. The van der Waals surface area contributed by atoms with E-state index in [9.17, 15) is 9.90 Å². The summed E-state index contributed by atoms with van der Waals surface area (Å²) in [5, 5.41) is 12.8. The van der Waals surface area contributed by atoms with Gasteiger partial charge in [-0.05, 0) is 36.1 Å². The van der Waals surface area contributed by atoms with E-state index in [-0.39, 0.29) is 11.6 Å². The quantitative estimate of drug-likeness (QED) is 0.924. The minimum absolute atomic E-state index is 0.0672. The van der Waals surface area contributed by atoms with Crippen LogP contribution in [0.3, 0.4) is 0 Å². The van der Waals surface area contributed by atoms with Gasteiger partial charge in [-0.3, -0.25) is 0 Å². The van der Waals surface area contributed by atoms with Gasteiger partial charge in [0, 0.05) is 0 Å². The second-order valence-electron chi connectivity index (χ2n) is 4.88. The van der Waals surface area contributed by atoms with E-state index in [4.69, 9.17) is 9.26 Å². The number of hydrogen-bond donors (Lipinski definition) is 1. The SMILES string of the molecule is COc1ccc(-c2c(C(=O)O)noc2C)cc1C(C)C. The molecule has 0 aliphatic rings. The second kappa shape index (κ2) is 5.36. The lowest BCUT2D eigenvalue weighted by molar-refractivity contribution is 0.0686. The molecule has 0 unspecified atom stereocenters. The molecule has 0 saturated heterocycles. The summed E-state index contributed by atoms with van der Waals surface area (Å²) in [5.41, 5.74) is 2.23. The van der Waals surface area contributed by atoms with Crippen molar-refractivity contribution in [2.24, 2.45) is 0 Å². The number of nitrogens with zero attached hydrogens (tertiary/aromatic N) is 1. The molecular weight excluding hydrogens is 258 g/mol. The van der Waals surface area contributed by atoms with E-state index in [1.54, 1.807) is 14.0 Å². The number of carboxylic acid groups (broad SMARTS) is 1. The molecule has 0 aliphatic heterocycles. The molecule has 5 heteroatoms. The maximum atomic E-state index is 11.2. The van der Waals surface area contributed by atoms with Crippen LogP contribution in [0.2, 0.25) is 0 Å². The van der Waals surface area contributed by atoms with Gasteiger partial charge in [-0.1, -0.05) is 25.1 Å². The number of aromatic carboxylic acids is 1. The molecule has 1 heterocycles. The molecule has 20 heavy (non-hydrogen) atoms. The number of carboxylic acids is 1. The van der Waals surface area contributed by atoms with Crippen molar-refractivity contribution in [1.82, 2.24) is 5.16 Å². The molecule has 0 atom stereocenters. The monoisotopic (exact) mass is 275 g/mol. The van der Waals surface area contributed by atoms with Gasteiger partial charge in [-0.15, -0.1) is 0 Å². The average Bonchev–Trinajstić information content (AvgIpc) is 2.80.